The summed E-state index contributed by atoms with van der Waals surface area (Å²) in [5.41, 5.74) is 3.32. The van der Waals surface area contributed by atoms with Crippen LogP contribution in [0.15, 0.2) is 35.5 Å². The van der Waals surface area contributed by atoms with Gasteiger partial charge in [-0.05, 0) is 12.1 Å². The molecule has 2 unspecified atom stereocenters. The summed E-state index contributed by atoms with van der Waals surface area (Å²) >= 11 is 1.50. The predicted octanol–water partition coefficient (Wildman–Crippen LogP) is 0.942. The molecule has 2 aliphatic heterocycles. The third-order valence-corrected chi connectivity index (χ3v) is 5.88. The molecule has 0 fully saturated rings. The number of hydrogen-bond acceptors (Lipinski definition) is 8. The molecule has 1 amide bonds. The van der Waals surface area contributed by atoms with Gasteiger partial charge >= 0.3 is 5.97 Å². The van der Waals surface area contributed by atoms with Gasteiger partial charge in [0.2, 0.25) is 0 Å². The van der Waals surface area contributed by atoms with Gasteiger partial charge < -0.3 is 30.4 Å². The number of para-hydroxylation sites is 1. The first-order valence-corrected chi connectivity index (χ1v) is 9.40. The van der Waals surface area contributed by atoms with Crippen LogP contribution in [-0.4, -0.2) is 58.5 Å². The van der Waals surface area contributed by atoms with Crippen molar-refractivity contribution in [3.05, 3.63) is 45.9 Å². The fourth-order valence-electron chi connectivity index (χ4n) is 3.67. The second kappa shape index (κ2) is 6.80. The summed E-state index contributed by atoms with van der Waals surface area (Å²) in [6, 6.07) is 5.21. The number of anilines is 2. The van der Waals surface area contributed by atoms with Crippen LogP contribution in [0.25, 0.3) is 5.76 Å². The van der Waals surface area contributed by atoms with E-state index in [1.54, 1.807) is 28.7 Å². The Morgan fingerprint density at radius 2 is 2.18 bits per heavy atom. The lowest BCUT2D eigenvalue weighted by Gasteiger charge is -2.47. The summed E-state index contributed by atoms with van der Waals surface area (Å²) in [5, 5.41) is 32.6. The number of aliphatic hydroxyl groups is 2. The van der Waals surface area contributed by atoms with Gasteiger partial charge in [-0.15, -0.1) is 11.3 Å². The van der Waals surface area contributed by atoms with E-state index in [0.29, 0.717) is 17.8 Å². The highest BCUT2D eigenvalue weighted by Crippen LogP contribution is 2.48. The van der Waals surface area contributed by atoms with Crippen LogP contribution in [0.2, 0.25) is 0 Å². The molecule has 0 radical (unpaired) electrons. The minimum Gasteiger partial charge on any atom is -0.507 e. The largest absolute Gasteiger partial charge is 0.507 e. The van der Waals surface area contributed by atoms with Gasteiger partial charge in [-0.3, -0.25) is 14.6 Å². The Labute approximate surface area is 164 Å². The quantitative estimate of drug-likeness (QED) is 0.595. The molecule has 4 rings (SSSR count). The zero-order valence-electron chi connectivity index (χ0n) is 14.9. The molecule has 0 bridgehead atoms. The van der Waals surface area contributed by atoms with Crippen LogP contribution in [0.1, 0.15) is 16.5 Å². The third-order valence-electron chi connectivity index (χ3n) is 5.01. The SMILES string of the molecule is CN1c2cccc3c2N(CC1c1cncs1)C(O)C(C(=O)NCC(=O)O)=C3O. The van der Waals surface area contributed by atoms with Gasteiger partial charge in [0, 0.05) is 30.2 Å². The van der Waals surface area contributed by atoms with E-state index in [2.05, 4.69) is 15.2 Å². The van der Waals surface area contributed by atoms with Crippen LogP contribution in [0.4, 0.5) is 11.4 Å². The van der Waals surface area contributed by atoms with E-state index < -0.39 is 24.6 Å². The molecule has 4 N–H and O–H groups in total. The van der Waals surface area contributed by atoms with Gasteiger partial charge in [0.1, 0.15) is 17.9 Å². The number of hydrogen-bond donors (Lipinski definition) is 4. The van der Waals surface area contributed by atoms with Gasteiger partial charge in [-0.2, -0.15) is 0 Å². The number of aromatic nitrogens is 1. The summed E-state index contributed by atoms with van der Waals surface area (Å²) in [4.78, 5) is 32.1. The number of nitrogens with zero attached hydrogens (tertiary/aromatic N) is 3. The molecular formula is C18H18N4O5S. The molecule has 10 heteroatoms. The Bertz CT molecular complexity index is 974. The summed E-state index contributed by atoms with van der Waals surface area (Å²) in [5.74, 6) is -2.39. The highest BCUT2D eigenvalue weighted by atomic mass is 32.1. The molecule has 1 aromatic carbocycles. The monoisotopic (exact) mass is 402 g/mol. The van der Waals surface area contributed by atoms with Crippen LogP contribution >= 0.6 is 11.3 Å². The molecule has 0 saturated heterocycles. The third kappa shape index (κ3) is 2.77. The molecule has 9 nitrogen and oxygen atoms in total. The Kier molecular flexibility index (Phi) is 4.44. The number of carboxylic acid groups (broad SMARTS) is 1. The Morgan fingerprint density at radius 3 is 2.86 bits per heavy atom. The number of benzene rings is 1. The molecule has 146 valence electrons. The predicted molar refractivity (Wildman–Crippen MR) is 103 cm³/mol. The molecule has 3 heterocycles. The molecule has 2 aromatic rings. The van der Waals surface area contributed by atoms with E-state index in [9.17, 15) is 19.8 Å². The first kappa shape index (κ1) is 18.3. The van der Waals surface area contributed by atoms with E-state index in [-0.39, 0.29) is 17.4 Å². The normalized spacial score (nSPS) is 20.8. The summed E-state index contributed by atoms with van der Waals surface area (Å²) in [6.45, 7) is -0.242. The highest BCUT2D eigenvalue weighted by Gasteiger charge is 2.42. The van der Waals surface area contributed by atoms with Crippen molar-refractivity contribution in [3.63, 3.8) is 0 Å². The molecule has 28 heavy (non-hydrogen) atoms. The smallest absolute Gasteiger partial charge is 0.322 e. The number of amides is 1. The van der Waals surface area contributed by atoms with Gasteiger partial charge in [0.25, 0.3) is 5.91 Å². The summed E-state index contributed by atoms with van der Waals surface area (Å²) in [7, 11) is 1.93. The number of carbonyl (C=O) groups is 2. The molecule has 1 aromatic heterocycles. The fourth-order valence-corrected chi connectivity index (χ4v) is 4.42. The minimum absolute atomic E-state index is 0.103. The number of rotatable bonds is 4. The van der Waals surface area contributed by atoms with Crippen LogP contribution in [0, 0.1) is 0 Å². The number of carbonyl (C=O) groups excluding carboxylic acids is 1. The number of nitrogens with one attached hydrogen (secondary N) is 1. The van der Waals surface area contributed by atoms with Crippen molar-refractivity contribution >= 4 is 40.3 Å². The second-order valence-corrected chi connectivity index (χ2v) is 7.49. The van der Waals surface area contributed by atoms with Crippen molar-refractivity contribution in [1.82, 2.24) is 10.3 Å². The molecule has 2 aliphatic rings. The number of likely N-dealkylation sites (N-methyl/N-ethyl adjacent to an activating group) is 1. The molecular weight excluding hydrogens is 384 g/mol. The molecule has 0 saturated carbocycles. The first-order valence-electron chi connectivity index (χ1n) is 8.52. The zero-order valence-corrected chi connectivity index (χ0v) is 15.7. The molecule has 2 atom stereocenters. The Hall–Kier alpha value is -3.11. The molecule has 0 aliphatic carbocycles. The standard InChI is InChI=1S/C18H18N4O5S/c1-21-10-4-2-3-9-15(10)22(7-11(21)12-5-19-8-28-12)18(27)14(16(9)25)17(26)20-6-13(23)24/h2-5,8,11,18,25,27H,6-7H2,1H3,(H,20,26)(H,23,24). The lowest BCUT2D eigenvalue weighted by atomic mass is 9.93. The average molecular weight is 402 g/mol. The average Bonchev–Trinajstić information content (AvgIpc) is 3.20. The van der Waals surface area contributed by atoms with Crippen molar-refractivity contribution < 1.29 is 24.9 Å². The second-order valence-electron chi connectivity index (χ2n) is 6.57. The van der Waals surface area contributed by atoms with E-state index in [0.717, 1.165) is 10.6 Å². The molecule has 0 spiro atoms. The van der Waals surface area contributed by atoms with Crippen LogP contribution in [0.3, 0.4) is 0 Å². The summed E-state index contributed by atoms with van der Waals surface area (Å²) < 4.78 is 0. The topological polar surface area (TPSA) is 126 Å². The number of thiazole rings is 1. The maximum Gasteiger partial charge on any atom is 0.322 e. The van der Waals surface area contributed by atoms with Crippen LogP contribution < -0.4 is 15.1 Å². The lowest BCUT2D eigenvalue weighted by molar-refractivity contribution is -0.137. The van der Waals surface area contributed by atoms with Crippen molar-refractivity contribution in [1.29, 1.82) is 0 Å². The van der Waals surface area contributed by atoms with Gasteiger partial charge in [0.15, 0.2) is 6.23 Å². The minimum atomic E-state index is -1.41. The fraction of sp³-hybridized carbons (Fsp3) is 0.278. The number of aliphatic hydroxyl groups excluding tert-OH is 2. The number of carboxylic acids is 1. The highest BCUT2D eigenvalue weighted by molar-refractivity contribution is 7.09. The lowest BCUT2D eigenvalue weighted by Crippen LogP contribution is -2.51. The Morgan fingerprint density at radius 1 is 1.39 bits per heavy atom. The van der Waals surface area contributed by atoms with Gasteiger partial charge in [0.05, 0.1) is 22.9 Å². The van der Waals surface area contributed by atoms with Gasteiger partial charge in [-0.25, -0.2) is 0 Å². The summed E-state index contributed by atoms with van der Waals surface area (Å²) in [6.07, 6.45) is 0.358. The maximum atomic E-state index is 12.5. The van der Waals surface area contributed by atoms with Crippen molar-refractivity contribution in [2.24, 2.45) is 0 Å². The van der Waals surface area contributed by atoms with Gasteiger partial charge in [-0.1, -0.05) is 6.07 Å². The van der Waals surface area contributed by atoms with Crippen LogP contribution in [0.5, 0.6) is 0 Å². The van der Waals surface area contributed by atoms with Crippen molar-refractivity contribution in [3.8, 4) is 0 Å². The van der Waals surface area contributed by atoms with E-state index in [1.807, 2.05) is 13.1 Å². The van der Waals surface area contributed by atoms with E-state index in [1.165, 1.54) is 11.3 Å². The maximum absolute atomic E-state index is 12.5. The zero-order chi connectivity index (χ0) is 20.0. The first-order chi connectivity index (χ1) is 13.4. The van der Waals surface area contributed by atoms with E-state index in [4.69, 9.17) is 5.11 Å². The Balaban J connectivity index is 1.80. The van der Waals surface area contributed by atoms with Crippen LogP contribution in [-0.2, 0) is 9.59 Å². The van der Waals surface area contributed by atoms with Crippen molar-refractivity contribution in [2.75, 3.05) is 29.9 Å². The van der Waals surface area contributed by atoms with Crippen molar-refractivity contribution in [2.45, 2.75) is 12.3 Å². The number of aliphatic carboxylic acids is 1. The van der Waals surface area contributed by atoms with E-state index >= 15 is 0 Å².